The molecule has 164 valence electrons. The van der Waals surface area contributed by atoms with Crippen LogP contribution in [0.4, 0.5) is 11.8 Å². The number of morpholine rings is 1. The van der Waals surface area contributed by atoms with Gasteiger partial charge in [-0.05, 0) is 26.0 Å². The van der Waals surface area contributed by atoms with Crippen molar-refractivity contribution in [3.05, 3.63) is 30.0 Å². The van der Waals surface area contributed by atoms with Crippen LogP contribution < -0.4 is 19.9 Å². The summed E-state index contributed by atoms with van der Waals surface area (Å²) in [6.45, 7) is 5.35. The van der Waals surface area contributed by atoms with E-state index in [4.69, 9.17) is 25.2 Å². The maximum Gasteiger partial charge on any atom is 0.363 e. The highest BCUT2D eigenvalue weighted by molar-refractivity contribution is 7.91. The molecule has 10 nitrogen and oxygen atoms in total. The van der Waals surface area contributed by atoms with Gasteiger partial charge in [-0.2, -0.15) is 4.57 Å². The van der Waals surface area contributed by atoms with Crippen molar-refractivity contribution in [2.24, 2.45) is 0 Å². The second-order valence-electron chi connectivity index (χ2n) is 8.40. The lowest BCUT2D eigenvalue weighted by Crippen LogP contribution is -2.52. The van der Waals surface area contributed by atoms with E-state index in [9.17, 15) is 8.42 Å². The molecule has 1 fully saturated rings. The second kappa shape index (κ2) is 6.79. The van der Waals surface area contributed by atoms with E-state index in [-0.39, 0.29) is 12.0 Å². The van der Waals surface area contributed by atoms with Crippen LogP contribution in [0.1, 0.15) is 19.5 Å². The zero-order valence-electron chi connectivity index (χ0n) is 17.6. The van der Waals surface area contributed by atoms with Gasteiger partial charge < -0.3 is 20.1 Å². The van der Waals surface area contributed by atoms with Crippen molar-refractivity contribution in [1.29, 1.82) is 0 Å². The van der Waals surface area contributed by atoms with E-state index in [1.165, 1.54) is 6.26 Å². The first-order valence-corrected chi connectivity index (χ1v) is 12.0. The van der Waals surface area contributed by atoms with Crippen LogP contribution in [0.5, 0.6) is 5.75 Å². The molecule has 0 saturated carbocycles. The molecule has 2 aromatic heterocycles. The second-order valence-corrected chi connectivity index (χ2v) is 11.0. The first-order chi connectivity index (χ1) is 14.7. The number of nitrogens with two attached hydrogens (primary N) is 1. The normalized spacial score (nSPS) is 19.1. The topological polar surface area (TPSA) is 127 Å². The van der Waals surface area contributed by atoms with E-state index in [0.717, 1.165) is 11.0 Å². The maximum atomic E-state index is 12.7. The largest absolute Gasteiger partial charge is 0.484 e. The van der Waals surface area contributed by atoms with E-state index in [1.807, 2.05) is 24.3 Å². The molecule has 2 aliphatic heterocycles. The van der Waals surface area contributed by atoms with Crippen molar-refractivity contribution in [3.63, 3.8) is 0 Å². The van der Waals surface area contributed by atoms with Crippen LogP contribution in [-0.4, -0.2) is 62.0 Å². The average Bonchev–Trinajstić information content (AvgIpc) is 3.07. The zero-order valence-corrected chi connectivity index (χ0v) is 18.4. The lowest BCUT2D eigenvalue weighted by molar-refractivity contribution is -0.559. The molecule has 0 amide bonds. The first-order valence-electron chi connectivity index (χ1n) is 10.1. The van der Waals surface area contributed by atoms with Gasteiger partial charge in [0.1, 0.15) is 22.4 Å². The lowest BCUT2D eigenvalue weighted by Gasteiger charge is -2.40. The highest BCUT2D eigenvalue weighted by atomic mass is 32.2. The SMILES string of the molecule is CC(C)(c1nc(-[n+]2c(N)[nH]c3ccccc32)nc2c1OC[C@@H]1COCCN21)S(C)(=O)=O. The highest BCUT2D eigenvalue weighted by Gasteiger charge is 2.45. The smallest absolute Gasteiger partial charge is 0.363 e. The molecule has 2 aliphatic rings. The average molecular weight is 446 g/mol. The van der Waals surface area contributed by atoms with Gasteiger partial charge in [-0.3, -0.25) is 4.98 Å². The summed E-state index contributed by atoms with van der Waals surface area (Å²) in [5, 5.41) is 0. The number of aromatic nitrogens is 4. The van der Waals surface area contributed by atoms with Crippen molar-refractivity contribution in [2.45, 2.75) is 24.6 Å². The predicted molar refractivity (Wildman–Crippen MR) is 115 cm³/mol. The molecule has 5 rings (SSSR count). The van der Waals surface area contributed by atoms with Gasteiger partial charge in [-0.25, -0.2) is 8.42 Å². The van der Waals surface area contributed by atoms with Gasteiger partial charge in [0.2, 0.25) is 11.6 Å². The zero-order chi connectivity index (χ0) is 22.0. The molecule has 0 spiro atoms. The fourth-order valence-electron chi connectivity index (χ4n) is 4.00. The third-order valence-corrected chi connectivity index (χ3v) is 8.15. The molecule has 1 aromatic carbocycles. The minimum atomic E-state index is -3.52. The third-order valence-electron chi connectivity index (χ3n) is 6.10. The number of nitrogens with zero attached hydrogens (tertiary/aromatic N) is 4. The van der Waals surface area contributed by atoms with Crippen LogP contribution in [0.2, 0.25) is 0 Å². The Morgan fingerprint density at radius 2 is 2.03 bits per heavy atom. The van der Waals surface area contributed by atoms with Gasteiger partial charge in [0, 0.05) is 12.8 Å². The van der Waals surface area contributed by atoms with E-state index in [0.29, 0.717) is 49.6 Å². The number of para-hydroxylation sites is 2. The summed E-state index contributed by atoms with van der Waals surface area (Å²) in [7, 11) is -3.52. The number of nitrogen functional groups attached to an aromatic ring is 1. The van der Waals surface area contributed by atoms with Gasteiger partial charge in [0.15, 0.2) is 15.5 Å². The molecule has 0 radical (unpaired) electrons. The highest BCUT2D eigenvalue weighted by Crippen LogP contribution is 2.42. The summed E-state index contributed by atoms with van der Waals surface area (Å²) in [5.74, 6) is 1.60. The quantitative estimate of drug-likeness (QED) is 0.564. The molecule has 11 heteroatoms. The Morgan fingerprint density at radius 1 is 1.26 bits per heavy atom. The van der Waals surface area contributed by atoms with Crippen molar-refractivity contribution < 1.29 is 22.5 Å². The number of H-pyrrole nitrogens is 1. The summed E-state index contributed by atoms with van der Waals surface area (Å²) in [6, 6.07) is 7.61. The third kappa shape index (κ3) is 3.02. The minimum absolute atomic E-state index is 0.00325. The Morgan fingerprint density at radius 3 is 2.81 bits per heavy atom. The van der Waals surface area contributed by atoms with Crippen molar-refractivity contribution >= 4 is 32.6 Å². The molecule has 4 heterocycles. The van der Waals surface area contributed by atoms with Gasteiger partial charge in [0.25, 0.3) is 5.95 Å². The molecular formula is C20H25N6O4S+. The molecule has 31 heavy (non-hydrogen) atoms. The summed E-state index contributed by atoms with van der Waals surface area (Å²) in [6.07, 6.45) is 1.20. The minimum Gasteiger partial charge on any atom is -0.484 e. The van der Waals surface area contributed by atoms with Crippen molar-refractivity contribution in [3.8, 4) is 11.7 Å². The van der Waals surface area contributed by atoms with Crippen LogP contribution in [0.25, 0.3) is 17.0 Å². The van der Waals surface area contributed by atoms with Crippen LogP contribution >= 0.6 is 0 Å². The standard InChI is InChI=1S/C20H24N6O4S/c1-20(2,31(3,27)28)16-15-17(25-8-9-29-10-12(25)11-30-15)24-19(23-16)26-14-7-5-4-6-13(14)22-18(26)21/h4-7,12H,8-11H2,1-3H3,(H2,21,22)/p+1/t12-/m0/s1. The summed E-state index contributed by atoms with van der Waals surface area (Å²) >= 11 is 0. The molecule has 0 bridgehead atoms. The van der Waals surface area contributed by atoms with E-state index in [2.05, 4.69) is 9.88 Å². The molecule has 3 N–H and O–H groups in total. The number of rotatable bonds is 3. The van der Waals surface area contributed by atoms with Crippen LogP contribution in [0.15, 0.2) is 24.3 Å². The summed E-state index contributed by atoms with van der Waals surface area (Å²) in [4.78, 5) is 14.8. The Bertz CT molecular complexity index is 1290. The number of hydrogen-bond donors (Lipinski definition) is 2. The van der Waals surface area contributed by atoms with E-state index in [1.54, 1.807) is 18.4 Å². The Hall–Kier alpha value is -2.92. The van der Waals surface area contributed by atoms with E-state index < -0.39 is 14.6 Å². The van der Waals surface area contributed by atoms with Crippen LogP contribution in [0.3, 0.4) is 0 Å². The number of ether oxygens (including phenoxy) is 2. The molecule has 0 aliphatic carbocycles. The Kier molecular flexibility index (Phi) is 4.38. The monoisotopic (exact) mass is 445 g/mol. The van der Waals surface area contributed by atoms with Crippen LogP contribution in [0, 0.1) is 0 Å². The number of hydrogen-bond acceptors (Lipinski definition) is 8. The molecule has 1 atom stereocenters. The number of aromatic amines is 1. The summed E-state index contributed by atoms with van der Waals surface area (Å²) < 4.78 is 37.5. The molecule has 0 unspecified atom stereocenters. The molecule has 3 aromatic rings. The number of fused-ring (bicyclic) bond motifs is 4. The van der Waals surface area contributed by atoms with Crippen LogP contribution in [-0.2, 0) is 19.3 Å². The Labute approximate surface area is 179 Å². The fourth-order valence-corrected chi connectivity index (χ4v) is 4.49. The number of sulfone groups is 1. The summed E-state index contributed by atoms with van der Waals surface area (Å²) in [5.41, 5.74) is 8.21. The lowest BCUT2D eigenvalue weighted by atomic mass is 10.1. The molecule has 1 saturated heterocycles. The fraction of sp³-hybridized carbons (Fsp3) is 0.450. The number of anilines is 2. The maximum absolute atomic E-state index is 12.7. The predicted octanol–water partition coefficient (Wildman–Crippen LogP) is 0.694. The van der Waals surface area contributed by atoms with Gasteiger partial charge >= 0.3 is 5.95 Å². The van der Waals surface area contributed by atoms with Gasteiger partial charge in [-0.1, -0.05) is 12.1 Å². The Balaban J connectivity index is 1.81. The number of imidazole rings is 1. The van der Waals surface area contributed by atoms with Crippen molar-refractivity contribution in [2.75, 3.05) is 43.3 Å². The molecular weight excluding hydrogens is 420 g/mol. The first kappa shape index (κ1) is 20.0. The van der Waals surface area contributed by atoms with Gasteiger partial charge in [-0.15, -0.1) is 9.97 Å². The van der Waals surface area contributed by atoms with E-state index >= 15 is 0 Å². The van der Waals surface area contributed by atoms with Crippen molar-refractivity contribution in [1.82, 2.24) is 15.0 Å². The number of benzene rings is 1. The van der Waals surface area contributed by atoms with Gasteiger partial charge in [0.05, 0.1) is 19.3 Å². The number of nitrogens with one attached hydrogen (secondary N) is 1.